The Bertz CT molecular complexity index is 590. The fourth-order valence-electron chi connectivity index (χ4n) is 3.01. The molecule has 1 aromatic rings. The van der Waals surface area contributed by atoms with Crippen LogP contribution in [0, 0.1) is 6.92 Å². The Morgan fingerprint density at radius 2 is 1.86 bits per heavy atom. The number of rotatable bonds is 5. The van der Waals surface area contributed by atoms with Gasteiger partial charge in [0.25, 0.3) is 0 Å². The Morgan fingerprint density at radius 1 is 1.19 bits per heavy atom. The van der Waals surface area contributed by atoms with Crippen LogP contribution >= 0.6 is 0 Å². The zero-order valence-corrected chi connectivity index (χ0v) is 14.0. The van der Waals surface area contributed by atoms with Crippen molar-refractivity contribution in [2.24, 2.45) is 0 Å². The molecule has 2 rings (SSSR count). The van der Waals surface area contributed by atoms with Crippen molar-refractivity contribution >= 4 is 10.0 Å². The fourth-order valence-corrected chi connectivity index (χ4v) is 4.53. The lowest BCUT2D eigenvalue weighted by molar-refractivity contribution is 0.294. The van der Waals surface area contributed by atoms with Gasteiger partial charge in [0.1, 0.15) is 0 Å². The molecule has 1 aromatic carbocycles. The SMILES string of the molecule is CNCc1cc(S(=O)(=O)NC2(C)CCCCC2)ccc1C. The lowest BCUT2D eigenvalue weighted by atomic mass is 9.84. The zero-order valence-electron chi connectivity index (χ0n) is 13.2. The van der Waals surface area contributed by atoms with E-state index in [0.29, 0.717) is 11.4 Å². The molecule has 1 aliphatic carbocycles. The molecule has 0 aliphatic heterocycles. The highest BCUT2D eigenvalue weighted by atomic mass is 32.2. The normalized spacial score (nSPS) is 18.6. The van der Waals surface area contributed by atoms with Crippen LogP contribution in [-0.4, -0.2) is 21.0 Å². The topological polar surface area (TPSA) is 58.2 Å². The maximum atomic E-state index is 12.6. The molecule has 21 heavy (non-hydrogen) atoms. The van der Waals surface area contributed by atoms with Gasteiger partial charge in [-0.3, -0.25) is 0 Å². The highest BCUT2D eigenvalue weighted by molar-refractivity contribution is 7.89. The summed E-state index contributed by atoms with van der Waals surface area (Å²) in [4.78, 5) is 0.366. The van der Waals surface area contributed by atoms with Crippen LogP contribution in [0.1, 0.15) is 50.2 Å². The van der Waals surface area contributed by atoms with E-state index in [1.54, 1.807) is 12.1 Å². The van der Waals surface area contributed by atoms with Crippen molar-refractivity contribution in [1.82, 2.24) is 10.0 Å². The molecular formula is C16H26N2O2S. The number of hydrogen-bond acceptors (Lipinski definition) is 3. The van der Waals surface area contributed by atoms with Crippen LogP contribution < -0.4 is 10.0 Å². The van der Waals surface area contributed by atoms with Gasteiger partial charge >= 0.3 is 0 Å². The Hall–Kier alpha value is -0.910. The lowest BCUT2D eigenvalue weighted by Gasteiger charge is -2.34. The molecule has 0 spiro atoms. The molecule has 0 saturated heterocycles. The number of hydrogen-bond donors (Lipinski definition) is 2. The summed E-state index contributed by atoms with van der Waals surface area (Å²) in [5, 5.41) is 3.08. The summed E-state index contributed by atoms with van der Waals surface area (Å²) in [7, 11) is -1.59. The summed E-state index contributed by atoms with van der Waals surface area (Å²) < 4.78 is 28.2. The van der Waals surface area contributed by atoms with Crippen molar-refractivity contribution in [3.05, 3.63) is 29.3 Å². The van der Waals surface area contributed by atoms with Gasteiger partial charge in [0.05, 0.1) is 4.90 Å². The first kappa shape index (κ1) is 16.5. The Kier molecular flexibility index (Phi) is 5.07. The van der Waals surface area contributed by atoms with Crippen LogP contribution in [0.5, 0.6) is 0 Å². The molecule has 0 aromatic heterocycles. The maximum Gasteiger partial charge on any atom is 0.241 e. The van der Waals surface area contributed by atoms with Gasteiger partial charge in [0, 0.05) is 12.1 Å². The first-order chi connectivity index (χ1) is 9.86. The van der Waals surface area contributed by atoms with Crippen molar-refractivity contribution in [2.75, 3.05) is 7.05 Å². The molecule has 2 N–H and O–H groups in total. The van der Waals surface area contributed by atoms with Crippen LogP contribution in [0.15, 0.2) is 23.1 Å². The summed E-state index contributed by atoms with van der Waals surface area (Å²) in [5.74, 6) is 0. The van der Waals surface area contributed by atoms with Gasteiger partial charge in [-0.25, -0.2) is 13.1 Å². The molecule has 0 bridgehead atoms. The number of sulfonamides is 1. The molecule has 0 unspecified atom stereocenters. The van der Waals surface area contributed by atoms with Crippen molar-refractivity contribution < 1.29 is 8.42 Å². The maximum absolute atomic E-state index is 12.6. The summed E-state index contributed by atoms with van der Waals surface area (Å²) in [6, 6.07) is 5.35. The molecule has 0 radical (unpaired) electrons. The Balaban J connectivity index is 2.24. The second kappa shape index (κ2) is 6.46. The number of benzene rings is 1. The van der Waals surface area contributed by atoms with Crippen LogP contribution in [0.4, 0.5) is 0 Å². The van der Waals surface area contributed by atoms with Gasteiger partial charge in [-0.05, 0) is 57.0 Å². The molecule has 4 nitrogen and oxygen atoms in total. The van der Waals surface area contributed by atoms with Gasteiger partial charge in [-0.1, -0.05) is 25.3 Å². The summed E-state index contributed by atoms with van der Waals surface area (Å²) >= 11 is 0. The Labute approximate surface area is 128 Å². The molecule has 1 saturated carbocycles. The average Bonchev–Trinajstić information content (AvgIpc) is 2.41. The first-order valence-electron chi connectivity index (χ1n) is 7.64. The van der Waals surface area contributed by atoms with E-state index in [1.807, 2.05) is 27.0 Å². The van der Waals surface area contributed by atoms with Crippen molar-refractivity contribution in [1.29, 1.82) is 0 Å². The number of nitrogens with one attached hydrogen (secondary N) is 2. The molecule has 0 amide bonds. The summed E-state index contributed by atoms with van der Waals surface area (Å²) in [6.07, 6.45) is 5.23. The molecule has 0 heterocycles. The van der Waals surface area contributed by atoms with E-state index in [-0.39, 0.29) is 5.54 Å². The van der Waals surface area contributed by atoms with E-state index in [0.717, 1.165) is 36.8 Å². The minimum absolute atomic E-state index is 0.300. The van der Waals surface area contributed by atoms with E-state index in [1.165, 1.54) is 6.42 Å². The summed E-state index contributed by atoms with van der Waals surface area (Å²) in [6.45, 7) is 4.69. The minimum atomic E-state index is -3.45. The van der Waals surface area contributed by atoms with E-state index in [9.17, 15) is 8.42 Å². The molecule has 5 heteroatoms. The van der Waals surface area contributed by atoms with Crippen LogP contribution in [0.3, 0.4) is 0 Å². The smallest absolute Gasteiger partial charge is 0.241 e. The van der Waals surface area contributed by atoms with E-state index < -0.39 is 10.0 Å². The molecule has 1 aliphatic rings. The molecule has 0 atom stereocenters. The second-order valence-electron chi connectivity index (χ2n) is 6.35. The largest absolute Gasteiger partial charge is 0.316 e. The quantitative estimate of drug-likeness (QED) is 0.879. The fraction of sp³-hybridized carbons (Fsp3) is 0.625. The minimum Gasteiger partial charge on any atom is -0.316 e. The van der Waals surface area contributed by atoms with Gasteiger partial charge < -0.3 is 5.32 Å². The predicted octanol–water partition coefficient (Wildman–Crippen LogP) is 2.72. The standard InChI is InChI=1S/C16H26N2O2S/c1-13-7-8-15(11-14(13)12-17-3)21(19,20)18-16(2)9-5-4-6-10-16/h7-8,11,17-18H,4-6,9-10,12H2,1-3H3. The van der Waals surface area contributed by atoms with Crippen LogP contribution in [0.2, 0.25) is 0 Å². The van der Waals surface area contributed by atoms with Gasteiger partial charge in [0.2, 0.25) is 10.0 Å². The van der Waals surface area contributed by atoms with Crippen LogP contribution in [0.25, 0.3) is 0 Å². The highest BCUT2D eigenvalue weighted by Gasteiger charge is 2.32. The second-order valence-corrected chi connectivity index (χ2v) is 8.03. The zero-order chi connectivity index (χ0) is 15.5. The third-order valence-electron chi connectivity index (χ3n) is 4.34. The van der Waals surface area contributed by atoms with Crippen molar-refractivity contribution in [3.63, 3.8) is 0 Å². The van der Waals surface area contributed by atoms with Crippen molar-refractivity contribution in [3.8, 4) is 0 Å². The van der Waals surface area contributed by atoms with E-state index >= 15 is 0 Å². The highest BCUT2D eigenvalue weighted by Crippen LogP contribution is 2.29. The molecule has 1 fully saturated rings. The van der Waals surface area contributed by atoms with E-state index in [2.05, 4.69) is 10.0 Å². The summed E-state index contributed by atoms with van der Waals surface area (Å²) in [5.41, 5.74) is 1.83. The van der Waals surface area contributed by atoms with Crippen LogP contribution in [-0.2, 0) is 16.6 Å². The third-order valence-corrected chi connectivity index (χ3v) is 5.97. The lowest BCUT2D eigenvalue weighted by Crippen LogP contribution is -2.47. The number of aryl methyl sites for hydroxylation is 1. The van der Waals surface area contributed by atoms with Gasteiger partial charge in [-0.15, -0.1) is 0 Å². The van der Waals surface area contributed by atoms with E-state index in [4.69, 9.17) is 0 Å². The van der Waals surface area contributed by atoms with Crippen molar-refractivity contribution in [2.45, 2.75) is 62.9 Å². The first-order valence-corrected chi connectivity index (χ1v) is 9.13. The molecule has 118 valence electrons. The van der Waals surface area contributed by atoms with Gasteiger partial charge in [0.15, 0.2) is 0 Å². The monoisotopic (exact) mass is 310 g/mol. The Morgan fingerprint density at radius 3 is 2.48 bits per heavy atom. The molecular weight excluding hydrogens is 284 g/mol. The van der Waals surface area contributed by atoms with Gasteiger partial charge in [-0.2, -0.15) is 0 Å². The third kappa shape index (κ3) is 4.05. The predicted molar refractivity (Wildman–Crippen MR) is 85.8 cm³/mol. The average molecular weight is 310 g/mol.